The zero-order chi connectivity index (χ0) is 39.0. The predicted molar refractivity (Wildman–Crippen MR) is 207 cm³/mol. The summed E-state index contributed by atoms with van der Waals surface area (Å²) in [6.07, 6.45) is 4.60. The highest BCUT2D eigenvalue weighted by Crippen LogP contribution is 2.30. The number of nitrogens with zero attached hydrogens (tertiary/aromatic N) is 3. The lowest BCUT2D eigenvalue weighted by Gasteiger charge is -2.16. The number of carbonyl (C=O) groups is 4. The molecule has 13 nitrogen and oxygen atoms in total. The molecule has 5 aromatic rings. The minimum Gasteiger partial charge on any atom is -0.462 e. The summed E-state index contributed by atoms with van der Waals surface area (Å²) in [5.74, 6) is -2.61. The summed E-state index contributed by atoms with van der Waals surface area (Å²) in [7, 11) is -3.77. The van der Waals surface area contributed by atoms with Crippen LogP contribution in [-0.4, -0.2) is 72.6 Å². The van der Waals surface area contributed by atoms with Crippen molar-refractivity contribution in [2.24, 2.45) is 0 Å². The first-order chi connectivity index (χ1) is 26.6. The van der Waals surface area contributed by atoms with Crippen LogP contribution in [0.15, 0.2) is 120 Å². The van der Waals surface area contributed by atoms with Gasteiger partial charge in [-0.3, -0.25) is 9.59 Å². The van der Waals surface area contributed by atoms with Gasteiger partial charge < -0.3 is 20.1 Å². The zero-order valence-electron chi connectivity index (χ0n) is 30.2. The molecule has 6 rings (SSSR count). The van der Waals surface area contributed by atoms with Gasteiger partial charge in [0.15, 0.2) is 0 Å². The van der Waals surface area contributed by atoms with Gasteiger partial charge in [0.1, 0.15) is 11.3 Å². The smallest absolute Gasteiger partial charge is 0.338 e. The topological polar surface area (TPSA) is 166 Å². The minimum absolute atomic E-state index is 0.101. The van der Waals surface area contributed by atoms with E-state index in [4.69, 9.17) is 14.6 Å². The molecule has 1 fully saturated rings. The number of esters is 2. The first-order valence-electron chi connectivity index (χ1n) is 17.7. The SMILES string of the molecule is CCOC(=O)c1ccc(NC(=O)C(=Cc2cn(-c3ccccc3)nc2-c2cccc(S(=O)(=O)N3CCCC3)c2)C(=O)Nc2ccc(C(=O)OCC)cc2)cc1. The summed E-state index contributed by atoms with van der Waals surface area (Å²) in [6, 6.07) is 27.6. The summed E-state index contributed by atoms with van der Waals surface area (Å²) in [5, 5.41) is 10.3. The number of benzene rings is 4. The van der Waals surface area contributed by atoms with Crippen LogP contribution < -0.4 is 10.6 Å². The van der Waals surface area contributed by atoms with Crippen molar-refractivity contribution >= 4 is 51.2 Å². The van der Waals surface area contributed by atoms with E-state index in [9.17, 15) is 27.6 Å². The fourth-order valence-corrected chi connectivity index (χ4v) is 7.47. The van der Waals surface area contributed by atoms with Gasteiger partial charge in [0.25, 0.3) is 11.8 Å². The standard InChI is InChI=1S/C41H39N5O8S/c1-3-53-40(49)28-15-19-32(20-16-28)42-38(47)36(39(48)43-33-21-17-29(18-22-33)41(50)54-4-2)26-31-27-46(34-12-6-5-7-13-34)44-37(31)30-11-10-14-35(25-30)55(51,52)45-23-8-9-24-45/h5-7,10-22,25-27H,3-4,8-9,23-24H2,1-2H3,(H,42,47)(H,43,48). The third-order valence-corrected chi connectivity index (χ3v) is 10.6. The number of ether oxygens (including phenoxy) is 2. The summed E-state index contributed by atoms with van der Waals surface area (Å²) in [6.45, 7) is 4.67. The van der Waals surface area contributed by atoms with Gasteiger partial charge >= 0.3 is 11.9 Å². The number of hydrogen-bond donors (Lipinski definition) is 2. The van der Waals surface area contributed by atoms with Crippen LogP contribution in [0.4, 0.5) is 11.4 Å². The van der Waals surface area contributed by atoms with Gasteiger partial charge in [-0.1, -0.05) is 30.3 Å². The number of hydrogen-bond acceptors (Lipinski definition) is 9. The van der Waals surface area contributed by atoms with Crippen LogP contribution in [0.3, 0.4) is 0 Å². The molecular weight excluding hydrogens is 723 g/mol. The average molecular weight is 762 g/mol. The fourth-order valence-electron chi connectivity index (χ4n) is 5.91. The number of para-hydroxylation sites is 1. The van der Waals surface area contributed by atoms with Gasteiger partial charge in [-0.25, -0.2) is 22.7 Å². The molecule has 1 aliphatic heterocycles. The minimum atomic E-state index is -3.77. The highest BCUT2D eigenvalue weighted by Gasteiger charge is 2.28. The quantitative estimate of drug-likeness (QED) is 0.0603. The molecular formula is C41H39N5O8S. The number of nitrogens with one attached hydrogen (secondary N) is 2. The third kappa shape index (κ3) is 9.05. The van der Waals surface area contributed by atoms with E-state index in [0.717, 1.165) is 12.8 Å². The molecule has 55 heavy (non-hydrogen) atoms. The highest BCUT2D eigenvalue weighted by molar-refractivity contribution is 7.89. The molecule has 0 spiro atoms. The van der Waals surface area contributed by atoms with Crippen molar-refractivity contribution in [3.8, 4) is 16.9 Å². The Morgan fingerprint density at radius 2 is 1.27 bits per heavy atom. The van der Waals surface area contributed by atoms with Gasteiger partial charge in [0.2, 0.25) is 10.0 Å². The molecule has 1 aliphatic rings. The lowest BCUT2D eigenvalue weighted by Crippen LogP contribution is -2.27. The molecule has 2 N–H and O–H groups in total. The molecule has 0 bridgehead atoms. The van der Waals surface area contributed by atoms with Gasteiger partial charge in [-0.15, -0.1) is 0 Å². The van der Waals surface area contributed by atoms with E-state index in [1.54, 1.807) is 42.9 Å². The second-order valence-corrected chi connectivity index (χ2v) is 14.4. The molecule has 282 valence electrons. The second kappa shape index (κ2) is 17.2. The van der Waals surface area contributed by atoms with E-state index in [1.165, 1.54) is 65.0 Å². The van der Waals surface area contributed by atoms with Crippen molar-refractivity contribution in [2.45, 2.75) is 31.6 Å². The summed E-state index contributed by atoms with van der Waals surface area (Å²) in [5.41, 5.74) is 2.64. The largest absolute Gasteiger partial charge is 0.462 e. The van der Waals surface area contributed by atoms with Crippen LogP contribution in [0.5, 0.6) is 0 Å². The van der Waals surface area contributed by atoms with Crippen molar-refractivity contribution in [3.05, 3.63) is 132 Å². The monoisotopic (exact) mass is 761 g/mol. The molecule has 4 aromatic carbocycles. The number of aromatic nitrogens is 2. The lowest BCUT2D eigenvalue weighted by atomic mass is 10.0. The van der Waals surface area contributed by atoms with Crippen LogP contribution >= 0.6 is 0 Å². The average Bonchev–Trinajstić information content (AvgIpc) is 3.90. The Hall–Kier alpha value is -6.38. The number of rotatable bonds is 13. The Kier molecular flexibility index (Phi) is 12.0. The Bertz CT molecular complexity index is 2250. The van der Waals surface area contributed by atoms with E-state index < -0.39 is 33.8 Å². The Balaban J connectivity index is 1.42. The maximum absolute atomic E-state index is 14.0. The van der Waals surface area contributed by atoms with E-state index in [-0.39, 0.29) is 34.8 Å². The lowest BCUT2D eigenvalue weighted by molar-refractivity contribution is -0.118. The Morgan fingerprint density at radius 3 is 1.80 bits per heavy atom. The number of carbonyl (C=O) groups excluding carboxylic acids is 4. The van der Waals surface area contributed by atoms with Crippen LogP contribution in [0.2, 0.25) is 0 Å². The summed E-state index contributed by atoms with van der Waals surface area (Å²) in [4.78, 5) is 52.6. The maximum Gasteiger partial charge on any atom is 0.338 e. The number of sulfonamides is 1. The van der Waals surface area contributed by atoms with E-state index in [1.807, 2.05) is 30.3 Å². The van der Waals surface area contributed by atoms with Crippen LogP contribution in [0.1, 0.15) is 53.0 Å². The predicted octanol–water partition coefficient (Wildman–Crippen LogP) is 6.34. The zero-order valence-corrected chi connectivity index (χ0v) is 31.0. The van der Waals surface area contributed by atoms with Crippen molar-refractivity contribution in [1.82, 2.24) is 14.1 Å². The normalized spacial score (nSPS) is 12.8. The fraction of sp³-hybridized carbons (Fsp3) is 0.195. The van der Waals surface area contributed by atoms with Crippen LogP contribution in [0, 0.1) is 0 Å². The Labute approximate surface area is 318 Å². The van der Waals surface area contributed by atoms with E-state index in [0.29, 0.717) is 47.0 Å². The van der Waals surface area contributed by atoms with Gasteiger partial charge in [0.05, 0.1) is 34.9 Å². The highest BCUT2D eigenvalue weighted by atomic mass is 32.2. The summed E-state index contributed by atoms with van der Waals surface area (Å²) >= 11 is 0. The molecule has 14 heteroatoms. The van der Waals surface area contributed by atoms with Crippen molar-refractivity contribution < 1.29 is 37.1 Å². The van der Waals surface area contributed by atoms with Gasteiger partial charge in [-0.05, 0) is 106 Å². The van der Waals surface area contributed by atoms with Gasteiger partial charge in [0, 0.05) is 41.8 Å². The molecule has 1 saturated heterocycles. The van der Waals surface area contributed by atoms with Crippen molar-refractivity contribution in [1.29, 1.82) is 0 Å². The third-order valence-electron chi connectivity index (χ3n) is 8.67. The summed E-state index contributed by atoms with van der Waals surface area (Å²) < 4.78 is 40.2. The maximum atomic E-state index is 14.0. The molecule has 0 unspecified atom stereocenters. The Morgan fingerprint density at radius 1 is 0.727 bits per heavy atom. The molecule has 1 aromatic heterocycles. The van der Waals surface area contributed by atoms with Gasteiger partial charge in [-0.2, -0.15) is 9.40 Å². The molecule has 0 atom stereocenters. The van der Waals surface area contributed by atoms with E-state index in [2.05, 4.69) is 10.6 Å². The number of amides is 2. The van der Waals surface area contributed by atoms with Crippen LogP contribution in [0.25, 0.3) is 23.0 Å². The second-order valence-electron chi connectivity index (χ2n) is 12.4. The van der Waals surface area contributed by atoms with E-state index >= 15 is 0 Å². The molecule has 2 amide bonds. The molecule has 0 radical (unpaired) electrons. The van der Waals surface area contributed by atoms with Crippen LogP contribution in [-0.2, 0) is 29.1 Å². The molecule has 0 saturated carbocycles. The first kappa shape index (κ1) is 38.3. The van der Waals surface area contributed by atoms with Crippen molar-refractivity contribution in [3.63, 3.8) is 0 Å². The first-order valence-corrected chi connectivity index (χ1v) is 19.2. The number of anilines is 2. The molecule has 2 heterocycles. The van der Waals surface area contributed by atoms with Crippen molar-refractivity contribution in [2.75, 3.05) is 36.9 Å². The molecule has 0 aliphatic carbocycles.